The van der Waals surface area contributed by atoms with Gasteiger partial charge in [-0.1, -0.05) is 11.6 Å². The molecule has 60 valence electrons. The summed E-state index contributed by atoms with van der Waals surface area (Å²) in [4.78, 5) is 3.43. The first-order valence-electron chi connectivity index (χ1n) is 2.70. The van der Waals surface area contributed by atoms with Crippen molar-refractivity contribution >= 4 is 27.5 Å². The van der Waals surface area contributed by atoms with E-state index < -0.39 is 6.43 Å². The lowest BCUT2D eigenvalue weighted by atomic mass is 10.4. The van der Waals surface area contributed by atoms with Crippen molar-refractivity contribution in [2.24, 2.45) is 0 Å². The van der Waals surface area contributed by atoms with E-state index in [9.17, 15) is 8.78 Å². The Morgan fingerprint density at radius 3 is 2.64 bits per heavy atom. The van der Waals surface area contributed by atoms with Crippen molar-refractivity contribution in [1.29, 1.82) is 0 Å². The van der Waals surface area contributed by atoms with Gasteiger partial charge in [-0.2, -0.15) is 0 Å². The van der Waals surface area contributed by atoms with Gasteiger partial charge in [-0.05, 0) is 22.0 Å². The summed E-state index contributed by atoms with van der Waals surface area (Å²) in [5.41, 5.74) is -0.277. The van der Waals surface area contributed by atoms with Gasteiger partial charge >= 0.3 is 0 Å². The number of rotatable bonds is 1. The van der Waals surface area contributed by atoms with Crippen LogP contribution in [0.1, 0.15) is 12.1 Å². The van der Waals surface area contributed by atoms with Gasteiger partial charge in [0.25, 0.3) is 6.43 Å². The van der Waals surface area contributed by atoms with E-state index in [0.29, 0.717) is 9.50 Å². The SMILES string of the molecule is FC(F)c1cc(Br)c(Cl)cn1. The average Bonchev–Trinajstić information content (AvgIpc) is 1.94. The lowest BCUT2D eigenvalue weighted by molar-refractivity contribution is 0.146. The Morgan fingerprint density at radius 2 is 2.18 bits per heavy atom. The van der Waals surface area contributed by atoms with Crippen LogP contribution in [0.5, 0.6) is 0 Å². The molecule has 0 saturated heterocycles. The summed E-state index contributed by atoms with van der Waals surface area (Å²) in [6.07, 6.45) is -1.36. The fraction of sp³-hybridized carbons (Fsp3) is 0.167. The van der Waals surface area contributed by atoms with Crippen LogP contribution in [-0.4, -0.2) is 4.98 Å². The van der Waals surface area contributed by atoms with E-state index in [-0.39, 0.29) is 5.69 Å². The zero-order valence-electron chi connectivity index (χ0n) is 5.19. The van der Waals surface area contributed by atoms with Crippen LogP contribution < -0.4 is 0 Å². The molecule has 1 aromatic heterocycles. The van der Waals surface area contributed by atoms with Crippen LogP contribution in [0.15, 0.2) is 16.7 Å². The molecule has 1 aromatic rings. The van der Waals surface area contributed by atoms with Gasteiger partial charge in [-0.15, -0.1) is 0 Å². The smallest absolute Gasteiger partial charge is 0.254 e. The molecule has 5 heteroatoms. The Kier molecular flexibility index (Phi) is 2.78. The summed E-state index contributed by atoms with van der Waals surface area (Å²) >= 11 is 8.54. The van der Waals surface area contributed by atoms with Crippen LogP contribution >= 0.6 is 27.5 Å². The minimum Gasteiger partial charge on any atom is -0.254 e. The van der Waals surface area contributed by atoms with E-state index in [2.05, 4.69) is 20.9 Å². The maximum atomic E-state index is 12.0. The largest absolute Gasteiger partial charge is 0.280 e. The number of hydrogen-bond donors (Lipinski definition) is 0. The zero-order valence-corrected chi connectivity index (χ0v) is 7.53. The van der Waals surface area contributed by atoms with Gasteiger partial charge in [0.1, 0.15) is 5.69 Å². The maximum absolute atomic E-state index is 12.0. The average molecular weight is 242 g/mol. The molecule has 0 aliphatic heterocycles. The third kappa shape index (κ3) is 2.10. The topological polar surface area (TPSA) is 12.9 Å². The number of aromatic nitrogens is 1. The van der Waals surface area contributed by atoms with Crippen LogP contribution in [0, 0.1) is 0 Å². The lowest BCUT2D eigenvalue weighted by Crippen LogP contribution is -1.88. The van der Waals surface area contributed by atoms with Gasteiger partial charge in [0.05, 0.1) is 5.02 Å². The molecular weight excluding hydrogens is 239 g/mol. The second-order valence-corrected chi connectivity index (χ2v) is 3.09. The van der Waals surface area contributed by atoms with Crippen molar-refractivity contribution in [2.75, 3.05) is 0 Å². The van der Waals surface area contributed by atoms with Gasteiger partial charge in [0.2, 0.25) is 0 Å². The normalized spacial score (nSPS) is 10.6. The molecule has 0 aliphatic rings. The zero-order chi connectivity index (χ0) is 8.43. The molecule has 0 radical (unpaired) electrons. The quantitative estimate of drug-likeness (QED) is 0.735. The number of alkyl halides is 2. The number of pyridine rings is 1. The van der Waals surface area contributed by atoms with Gasteiger partial charge in [0.15, 0.2) is 0 Å². The molecule has 0 aromatic carbocycles. The molecule has 1 rings (SSSR count). The first-order valence-corrected chi connectivity index (χ1v) is 3.87. The van der Waals surface area contributed by atoms with E-state index in [1.54, 1.807) is 0 Å². The highest BCUT2D eigenvalue weighted by atomic mass is 79.9. The van der Waals surface area contributed by atoms with E-state index in [1.807, 2.05) is 0 Å². The Hall–Kier alpha value is -0.220. The Labute approximate surface area is 75.5 Å². The van der Waals surface area contributed by atoms with Crippen molar-refractivity contribution in [3.05, 3.63) is 27.5 Å². The highest BCUT2D eigenvalue weighted by molar-refractivity contribution is 9.10. The minimum absolute atomic E-state index is 0.277. The van der Waals surface area contributed by atoms with E-state index >= 15 is 0 Å². The van der Waals surface area contributed by atoms with Crippen molar-refractivity contribution in [3.8, 4) is 0 Å². The molecule has 0 atom stereocenters. The third-order valence-corrected chi connectivity index (χ3v) is 2.24. The van der Waals surface area contributed by atoms with Crippen LogP contribution in [-0.2, 0) is 0 Å². The maximum Gasteiger partial charge on any atom is 0.280 e. The van der Waals surface area contributed by atoms with Gasteiger partial charge in [-0.25, -0.2) is 8.78 Å². The molecule has 0 saturated carbocycles. The van der Waals surface area contributed by atoms with Crippen molar-refractivity contribution in [3.63, 3.8) is 0 Å². The molecule has 0 N–H and O–H groups in total. The molecule has 0 unspecified atom stereocenters. The molecule has 1 heterocycles. The minimum atomic E-state index is -2.55. The molecule has 0 fully saturated rings. The second kappa shape index (κ2) is 3.45. The first-order chi connectivity index (χ1) is 5.11. The molecule has 0 amide bonds. The van der Waals surface area contributed by atoms with Crippen LogP contribution in [0.2, 0.25) is 5.02 Å². The van der Waals surface area contributed by atoms with Crippen molar-refractivity contribution < 1.29 is 8.78 Å². The molecular formula is C6H3BrClF2N. The van der Waals surface area contributed by atoms with E-state index in [0.717, 1.165) is 0 Å². The molecule has 0 bridgehead atoms. The molecule has 0 aliphatic carbocycles. The summed E-state index contributed by atoms with van der Waals surface area (Å²) in [7, 11) is 0. The highest BCUT2D eigenvalue weighted by Gasteiger charge is 2.09. The summed E-state index contributed by atoms with van der Waals surface area (Å²) in [5.74, 6) is 0. The Bertz CT molecular complexity index is 267. The van der Waals surface area contributed by atoms with Crippen molar-refractivity contribution in [2.45, 2.75) is 6.43 Å². The fourth-order valence-electron chi connectivity index (χ4n) is 0.548. The van der Waals surface area contributed by atoms with Crippen LogP contribution in [0.25, 0.3) is 0 Å². The summed E-state index contributed by atoms with van der Waals surface area (Å²) in [6.45, 7) is 0. The molecule has 1 nitrogen and oxygen atoms in total. The predicted octanol–water partition coefficient (Wildman–Crippen LogP) is 3.44. The lowest BCUT2D eigenvalue weighted by Gasteiger charge is -1.99. The third-order valence-electron chi connectivity index (χ3n) is 1.05. The van der Waals surface area contributed by atoms with E-state index in [4.69, 9.17) is 11.6 Å². The summed E-state index contributed by atoms with van der Waals surface area (Å²) in [5, 5.41) is 0.328. The molecule has 11 heavy (non-hydrogen) atoms. The van der Waals surface area contributed by atoms with Crippen LogP contribution in [0.4, 0.5) is 8.78 Å². The predicted molar refractivity (Wildman–Crippen MR) is 41.9 cm³/mol. The number of nitrogens with zero attached hydrogens (tertiary/aromatic N) is 1. The van der Waals surface area contributed by atoms with E-state index in [1.165, 1.54) is 12.3 Å². The standard InChI is InChI=1S/C6H3BrClF2N/c7-3-1-5(6(9)10)11-2-4(3)8/h1-2,6H. The fourth-order valence-corrected chi connectivity index (χ4v) is 0.989. The van der Waals surface area contributed by atoms with Gasteiger partial charge in [-0.3, -0.25) is 4.98 Å². The molecule has 0 spiro atoms. The van der Waals surface area contributed by atoms with Gasteiger partial charge in [0, 0.05) is 10.7 Å². The number of halogens is 4. The van der Waals surface area contributed by atoms with Crippen LogP contribution in [0.3, 0.4) is 0 Å². The Balaban J connectivity index is 3.05. The first kappa shape index (κ1) is 8.87. The second-order valence-electron chi connectivity index (χ2n) is 1.82. The monoisotopic (exact) mass is 241 g/mol. The van der Waals surface area contributed by atoms with Crippen molar-refractivity contribution in [1.82, 2.24) is 4.98 Å². The summed E-state index contributed by atoms with van der Waals surface area (Å²) in [6, 6.07) is 1.20. The highest BCUT2D eigenvalue weighted by Crippen LogP contribution is 2.25. The van der Waals surface area contributed by atoms with Gasteiger partial charge < -0.3 is 0 Å². The summed E-state index contributed by atoms with van der Waals surface area (Å²) < 4.78 is 24.3. The number of hydrogen-bond acceptors (Lipinski definition) is 1. The Morgan fingerprint density at radius 1 is 1.55 bits per heavy atom.